The van der Waals surface area contributed by atoms with Crippen LogP contribution >= 0.6 is 0 Å². The lowest BCUT2D eigenvalue weighted by Crippen LogP contribution is -2.54. The lowest BCUT2D eigenvalue weighted by atomic mass is 9.85. The fourth-order valence-corrected chi connectivity index (χ4v) is 7.26. The van der Waals surface area contributed by atoms with Crippen LogP contribution in [-0.4, -0.2) is 99.2 Å². The number of pyridine rings is 1. The maximum Gasteiger partial charge on any atom is 0.410 e. The number of amides is 2. The topological polar surface area (TPSA) is 79.6 Å². The van der Waals surface area contributed by atoms with Gasteiger partial charge in [0.1, 0.15) is 17.2 Å². The van der Waals surface area contributed by atoms with Gasteiger partial charge in [0.25, 0.3) is 5.91 Å². The van der Waals surface area contributed by atoms with Gasteiger partial charge < -0.3 is 23.7 Å². The van der Waals surface area contributed by atoms with Gasteiger partial charge in [0.05, 0.1) is 36.5 Å². The molecule has 0 unspecified atom stereocenters. The molecule has 262 valence electrons. The summed E-state index contributed by atoms with van der Waals surface area (Å²) in [7, 11) is 0. The van der Waals surface area contributed by atoms with Gasteiger partial charge in [0.15, 0.2) is 0 Å². The van der Waals surface area contributed by atoms with Crippen LogP contribution in [0.1, 0.15) is 95.9 Å². The van der Waals surface area contributed by atoms with Gasteiger partial charge in [-0.2, -0.15) is 0 Å². The van der Waals surface area contributed by atoms with Crippen LogP contribution in [0.25, 0.3) is 16.6 Å². The van der Waals surface area contributed by atoms with E-state index in [1.54, 1.807) is 11.0 Å². The molecule has 0 radical (unpaired) electrons. The molecule has 2 fully saturated rings. The summed E-state index contributed by atoms with van der Waals surface area (Å²) >= 11 is 0. The first-order valence-electron chi connectivity index (χ1n) is 17.6. The van der Waals surface area contributed by atoms with E-state index in [1.807, 2.05) is 59.6 Å². The second-order valence-corrected chi connectivity index (χ2v) is 15.1. The summed E-state index contributed by atoms with van der Waals surface area (Å²) < 4.78 is 28.2. The van der Waals surface area contributed by atoms with Crippen molar-refractivity contribution in [2.24, 2.45) is 5.92 Å². The zero-order valence-electron chi connectivity index (χ0n) is 30.3. The highest BCUT2D eigenvalue weighted by Gasteiger charge is 2.37. The summed E-state index contributed by atoms with van der Waals surface area (Å²) in [4.78, 5) is 37.5. The molecule has 0 saturated carbocycles. The smallest absolute Gasteiger partial charge is 0.410 e. The molecular weight excluding hydrogens is 609 g/mol. The number of carbonyl (C=O) groups excluding carboxylic acids is 2. The third-order valence-electron chi connectivity index (χ3n) is 9.85. The van der Waals surface area contributed by atoms with Crippen molar-refractivity contribution in [1.82, 2.24) is 24.1 Å². The molecule has 2 amide bonds. The highest BCUT2D eigenvalue weighted by atomic mass is 19.1. The highest BCUT2D eigenvalue weighted by Crippen LogP contribution is 2.37. The van der Waals surface area contributed by atoms with Gasteiger partial charge in [-0.15, -0.1) is 0 Å². The predicted octanol–water partition coefficient (Wildman–Crippen LogP) is 7.16. The Hall–Kier alpha value is -3.50. The molecule has 0 N–H and O–H groups in total. The van der Waals surface area contributed by atoms with E-state index in [1.165, 1.54) is 17.7 Å². The molecule has 2 saturated heterocycles. The maximum atomic E-state index is 14.6. The number of hydrogen-bond acceptors (Lipinski definition) is 6. The number of imidazole rings is 1. The van der Waals surface area contributed by atoms with Crippen LogP contribution < -0.4 is 0 Å². The molecule has 10 heteroatoms. The van der Waals surface area contributed by atoms with Crippen molar-refractivity contribution in [1.29, 1.82) is 0 Å². The third kappa shape index (κ3) is 7.70. The number of aryl methyl sites for hydroxylation is 1. The number of ether oxygens (including phenoxy) is 2. The van der Waals surface area contributed by atoms with Crippen LogP contribution in [0, 0.1) is 18.7 Å². The third-order valence-corrected chi connectivity index (χ3v) is 9.85. The first kappa shape index (κ1) is 35.8. The van der Waals surface area contributed by atoms with E-state index >= 15 is 0 Å². The molecule has 9 nitrogen and oxygen atoms in total. The van der Waals surface area contributed by atoms with Crippen LogP contribution in [-0.2, 0) is 9.47 Å². The molecule has 48 heavy (non-hydrogen) atoms. The molecule has 2 aromatic heterocycles. The molecule has 3 aromatic rings. The van der Waals surface area contributed by atoms with E-state index in [9.17, 15) is 14.0 Å². The quantitative estimate of drug-likeness (QED) is 0.229. The number of fused-ring (bicyclic) bond motifs is 1. The Morgan fingerprint density at radius 2 is 1.85 bits per heavy atom. The fraction of sp³-hybridized carbons (Fsp3) is 0.605. The minimum Gasteiger partial charge on any atom is -0.444 e. The molecule has 2 aliphatic rings. The second kappa shape index (κ2) is 14.5. The zero-order valence-corrected chi connectivity index (χ0v) is 30.3. The molecule has 0 aliphatic carbocycles. The van der Waals surface area contributed by atoms with Gasteiger partial charge in [-0.25, -0.2) is 14.2 Å². The number of morpholine rings is 1. The predicted molar refractivity (Wildman–Crippen MR) is 187 cm³/mol. The van der Waals surface area contributed by atoms with Crippen molar-refractivity contribution in [3.63, 3.8) is 0 Å². The number of aromatic nitrogens is 2. The van der Waals surface area contributed by atoms with Crippen molar-refractivity contribution in [3.8, 4) is 11.1 Å². The average Bonchev–Trinajstić information content (AvgIpc) is 3.37. The zero-order chi connectivity index (χ0) is 34.9. The minimum absolute atomic E-state index is 0.00644. The normalized spacial score (nSPS) is 18.4. The first-order chi connectivity index (χ1) is 22.7. The molecule has 5 rings (SSSR count). The van der Waals surface area contributed by atoms with Crippen LogP contribution in [0.3, 0.4) is 0 Å². The number of benzene rings is 1. The van der Waals surface area contributed by atoms with E-state index in [2.05, 4.69) is 40.4 Å². The summed E-state index contributed by atoms with van der Waals surface area (Å²) in [6.45, 7) is 22.1. The van der Waals surface area contributed by atoms with Crippen LogP contribution in [0.2, 0.25) is 0 Å². The largest absolute Gasteiger partial charge is 0.444 e. The molecule has 1 aromatic carbocycles. The second-order valence-electron chi connectivity index (χ2n) is 15.1. The van der Waals surface area contributed by atoms with Crippen LogP contribution in [0.4, 0.5) is 9.18 Å². The van der Waals surface area contributed by atoms with E-state index in [-0.39, 0.29) is 24.1 Å². The summed E-state index contributed by atoms with van der Waals surface area (Å²) in [5.74, 6) is 0.998. The van der Waals surface area contributed by atoms with Gasteiger partial charge in [0.2, 0.25) is 0 Å². The Morgan fingerprint density at radius 1 is 1.12 bits per heavy atom. The lowest BCUT2D eigenvalue weighted by molar-refractivity contribution is -0.0377. The minimum atomic E-state index is -0.539. The lowest BCUT2D eigenvalue weighted by Gasteiger charge is -2.47. The van der Waals surface area contributed by atoms with Crippen molar-refractivity contribution in [2.75, 3.05) is 39.4 Å². The van der Waals surface area contributed by atoms with Gasteiger partial charge in [-0.05, 0) is 96.6 Å². The van der Waals surface area contributed by atoms with Gasteiger partial charge in [-0.3, -0.25) is 9.69 Å². The fourth-order valence-electron chi connectivity index (χ4n) is 7.26. The van der Waals surface area contributed by atoms with Crippen molar-refractivity contribution < 1.29 is 23.5 Å². The van der Waals surface area contributed by atoms with E-state index in [0.717, 1.165) is 42.8 Å². The number of hydrogen-bond donors (Lipinski definition) is 0. The Labute approximate surface area is 285 Å². The molecule has 0 bridgehead atoms. The van der Waals surface area contributed by atoms with Crippen molar-refractivity contribution >= 4 is 17.5 Å². The summed E-state index contributed by atoms with van der Waals surface area (Å²) in [5.41, 5.74) is 3.49. The Balaban J connectivity index is 1.37. The van der Waals surface area contributed by atoms with Crippen LogP contribution in [0.5, 0.6) is 0 Å². The number of nitrogens with zero attached hydrogens (tertiary/aromatic N) is 5. The molecular formula is C38H54FN5O4. The summed E-state index contributed by atoms with van der Waals surface area (Å²) in [6.07, 6.45) is 5.54. The van der Waals surface area contributed by atoms with E-state index < -0.39 is 11.4 Å². The van der Waals surface area contributed by atoms with Crippen molar-refractivity contribution in [3.05, 3.63) is 59.4 Å². The highest BCUT2D eigenvalue weighted by molar-refractivity contribution is 6.03. The Kier molecular flexibility index (Phi) is 10.8. The summed E-state index contributed by atoms with van der Waals surface area (Å²) in [5, 5.41) is 0. The van der Waals surface area contributed by atoms with Crippen LogP contribution in [0.15, 0.2) is 36.7 Å². The average molecular weight is 664 g/mol. The van der Waals surface area contributed by atoms with Gasteiger partial charge in [-0.1, -0.05) is 19.9 Å². The maximum absolute atomic E-state index is 14.6. The van der Waals surface area contributed by atoms with Gasteiger partial charge >= 0.3 is 6.09 Å². The number of halogens is 1. The Bertz CT molecular complexity index is 1610. The number of likely N-dealkylation sites (tertiary alicyclic amines) is 1. The first-order valence-corrected chi connectivity index (χ1v) is 17.6. The standard InChI is InChI=1S/C38H54FN5O4/c1-10-42(25(4)5)36(45)33-18-29(39)11-13-31(33)32-17-27(22-44-26(6)40-19-35(32)44)28-20-41(21-28)34(24(2)3)14-12-30-23-47-16-15-43(30)37(46)48-38(7,8)9/h11,13,17-19,22,24-25,28,30,34H,10,12,14-16,20-21,23H2,1-9H3/t30-,34-/m1/s1. The number of carbonyl (C=O) groups is 2. The molecule has 2 aliphatic heterocycles. The summed E-state index contributed by atoms with van der Waals surface area (Å²) in [6, 6.07) is 7.06. The molecule has 4 heterocycles. The molecule has 2 atom stereocenters. The number of rotatable bonds is 10. The van der Waals surface area contributed by atoms with Gasteiger partial charge in [0, 0.05) is 55.9 Å². The van der Waals surface area contributed by atoms with Crippen molar-refractivity contribution in [2.45, 2.75) is 105 Å². The SMILES string of the molecule is CCN(C(=O)c1cc(F)ccc1-c1cc(C2CN([C@H](CC[C@@H]3COCCN3C(=O)OC(C)(C)C)C(C)C)C2)cn2c(C)ncc12)C(C)C. The monoisotopic (exact) mass is 663 g/mol. The Morgan fingerprint density at radius 3 is 2.50 bits per heavy atom. The van der Waals surface area contributed by atoms with E-state index in [0.29, 0.717) is 55.3 Å². The van der Waals surface area contributed by atoms with E-state index in [4.69, 9.17) is 9.47 Å². The molecule has 0 spiro atoms.